The van der Waals surface area contributed by atoms with E-state index in [0.717, 1.165) is 71.4 Å². The molecule has 0 aliphatic heterocycles. The summed E-state index contributed by atoms with van der Waals surface area (Å²) in [7, 11) is 0. The number of hydrogen-bond acceptors (Lipinski definition) is 3. The van der Waals surface area contributed by atoms with Crippen LogP contribution in [0.3, 0.4) is 0 Å². The van der Waals surface area contributed by atoms with Gasteiger partial charge in [-0.15, -0.1) is 0 Å². The Balaban J connectivity index is 1.80. The number of para-hydroxylation sites is 3. The van der Waals surface area contributed by atoms with Crippen LogP contribution in [0.5, 0.6) is 0 Å². The minimum absolute atomic E-state index is 0.873. The molecule has 33 heavy (non-hydrogen) atoms. The third kappa shape index (κ3) is 2.08. The Morgan fingerprint density at radius 3 is 1.85 bits per heavy atom. The van der Waals surface area contributed by atoms with E-state index in [-0.39, 0.29) is 0 Å². The normalized spacial score (nSPS) is 12.2. The fraction of sp³-hybridized carbons (Fsp3) is 0. The second kappa shape index (κ2) is 6.02. The van der Waals surface area contributed by atoms with Crippen LogP contribution < -0.4 is 0 Å². The van der Waals surface area contributed by atoms with Crippen molar-refractivity contribution in [2.24, 2.45) is 0 Å². The molecule has 0 unspecified atom stereocenters. The Kier molecular flexibility index (Phi) is 3.11. The third-order valence-electron chi connectivity index (χ3n) is 6.68. The molecule has 4 heteroatoms. The fourth-order valence-corrected chi connectivity index (χ4v) is 5.38. The summed E-state index contributed by atoms with van der Waals surface area (Å²) in [4.78, 5) is 4.24. The molecule has 0 atom stereocenters. The highest BCUT2D eigenvalue weighted by Gasteiger charge is 2.26. The average molecular weight is 424 g/mol. The lowest BCUT2D eigenvalue weighted by atomic mass is 10.0. The molecule has 0 saturated heterocycles. The van der Waals surface area contributed by atoms with Gasteiger partial charge in [-0.25, -0.2) is 0 Å². The number of aromatic nitrogens is 2. The van der Waals surface area contributed by atoms with E-state index < -0.39 is 0 Å². The Morgan fingerprint density at radius 2 is 1.12 bits per heavy atom. The molecule has 0 saturated carbocycles. The van der Waals surface area contributed by atoms with E-state index in [9.17, 15) is 0 Å². The second-order valence-corrected chi connectivity index (χ2v) is 8.39. The lowest BCUT2D eigenvalue weighted by molar-refractivity contribution is 0.667. The van der Waals surface area contributed by atoms with Crippen molar-refractivity contribution in [3.8, 4) is 5.69 Å². The number of fused-ring (bicyclic) bond motifs is 12. The quantitative estimate of drug-likeness (QED) is 0.268. The highest BCUT2D eigenvalue weighted by Crippen LogP contribution is 2.48. The molecule has 0 amide bonds. The molecule has 4 nitrogen and oxygen atoms in total. The minimum Gasteiger partial charge on any atom is -0.455 e. The zero-order chi connectivity index (χ0) is 21.5. The SMILES string of the molecule is c1ccc2c(c1)oc1c2c2c3ccccc3oc2c2c1c1ccccc1n2-c1ccncc1. The summed E-state index contributed by atoms with van der Waals surface area (Å²) in [5, 5.41) is 6.60. The van der Waals surface area contributed by atoms with Gasteiger partial charge in [0.2, 0.25) is 0 Å². The van der Waals surface area contributed by atoms with Crippen molar-refractivity contribution in [1.82, 2.24) is 9.55 Å². The summed E-state index contributed by atoms with van der Waals surface area (Å²) in [6, 6.07) is 29.0. The summed E-state index contributed by atoms with van der Waals surface area (Å²) in [5.74, 6) is 0. The highest BCUT2D eigenvalue weighted by atomic mass is 16.3. The predicted molar refractivity (Wildman–Crippen MR) is 133 cm³/mol. The van der Waals surface area contributed by atoms with Crippen LogP contribution in [-0.2, 0) is 0 Å². The van der Waals surface area contributed by atoms with Crippen molar-refractivity contribution >= 4 is 65.7 Å². The van der Waals surface area contributed by atoms with Crippen molar-refractivity contribution in [3.63, 3.8) is 0 Å². The van der Waals surface area contributed by atoms with E-state index in [1.165, 1.54) is 0 Å². The predicted octanol–water partition coefficient (Wildman–Crippen LogP) is 7.98. The molecule has 0 N–H and O–H groups in total. The van der Waals surface area contributed by atoms with Crippen molar-refractivity contribution < 1.29 is 8.83 Å². The molecular weight excluding hydrogens is 408 g/mol. The van der Waals surface area contributed by atoms with Gasteiger partial charge in [0.05, 0.1) is 10.9 Å². The number of furan rings is 2. The van der Waals surface area contributed by atoms with Gasteiger partial charge in [-0.2, -0.15) is 0 Å². The first-order valence-corrected chi connectivity index (χ1v) is 11.0. The van der Waals surface area contributed by atoms with E-state index in [0.29, 0.717) is 0 Å². The standard InChI is InChI=1S/C29H16N2O2/c1-4-10-21-18(7-1)26-27(31(21)17-13-15-30-16-14-17)29-25(20-9-3-6-12-23(20)33-29)24-19-8-2-5-11-22(19)32-28(24)26/h1-16H. The Bertz CT molecular complexity index is 2020. The largest absolute Gasteiger partial charge is 0.455 e. The summed E-state index contributed by atoms with van der Waals surface area (Å²) in [6.45, 7) is 0. The van der Waals surface area contributed by atoms with Crippen LogP contribution in [0, 0.1) is 0 Å². The topological polar surface area (TPSA) is 44.1 Å². The van der Waals surface area contributed by atoms with Crippen LogP contribution in [0.25, 0.3) is 71.4 Å². The molecule has 4 aromatic carbocycles. The van der Waals surface area contributed by atoms with Gasteiger partial charge in [-0.05, 0) is 30.3 Å². The zero-order valence-electron chi connectivity index (χ0n) is 17.4. The van der Waals surface area contributed by atoms with E-state index >= 15 is 0 Å². The molecule has 0 aliphatic rings. The first-order valence-electron chi connectivity index (χ1n) is 11.0. The third-order valence-corrected chi connectivity index (χ3v) is 6.68. The van der Waals surface area contributed by atoms with Crippen molar-refractivity contribution in [2.75, 3.05) is 0 Å². The number of nitrogens with zero attached hydrogens (tertiary/aromatic N) is 2. The van der Waals surface area contributed by atoms with Crippen LogP contribution in [0.2, 0.25) is 0 Å². The summed E-state index contributed by atoms with van der Waals surface area (Å²) in [5.41, 5.74) is 6.68. The first kappa shape index (κ1) is 17.0. The molecule has 4 aromatic heterocycles. The number of rotatable bonds is 1. The van der Waals surface area contributed by atoms with E-state index in [4.69, 9.17) is 8.83 Å². The molecule has 154 valence electrons. The molecule has 8 rings (SSSR count). The Morgan fingerprint density at radius 1 is 0.545 bits per heavy atom. The molecule has 0 radical (unpaired) electrons. The molecule has 0 aliphatic carbocycles. The zero-order valence-corrected chi connectivity index (χ0v) is 17.4. The fourth-order valence-electron chi connectivity index (χ4n) is 5.38. The van der Waals surface area contributed by atoms with E-state index in [1.54, 1.807) is 0 Å². The maximum absolute atomic E-state index is 6.61. The first-order chi connectivity index (χ1) is 16.4. The lowest BCUT2D eigenvalue weighted by Crippen LogP contribution is -1.94. The van der Waals surface area contributed by atoms with Gasteiger partial charge in [0.15, 0.2) is 5.58 Å². The summed E-state index contributed by atoms with van der Waals surface area (Å²) < 4.78 is 15.5. The molecule has 4 heterocycles. The number of hydrogen-bond donors (Lipinski definition) is 0. The van der Waals surface area contributed by atoms with Gasteiger partial charge < -0.3 is 13.4 Å². The second-order valence-electron chi connectivity index (χ2n) is 8.39. The van der Waals surface area contributed by atoms with E-state index in [1.807, 2.05) is 48.8 Å². The van der Waals surface area contributed by atoms with Gasteiger partial charge in [0.25, 0.3) is 0 Å². The minimum atomic E-state index is 0.873. The van der Waals surface area contributed by atoms with Gasteiger partial charge in [0.1, 0.15) is 22.3 Å². The Labute approximate surface area is 187 Å². The number of benzene rings is 4. The maximum Gasteiger partial charge on any atom is 0.160 e. The molecule has 0 bridgehead atoms. The van der Waals surface area contributed by atoms with Gasteiger partial charge in [-0.1, -0.05) is 54.6 Å². The average Bonchev–Trinajstić information content (AvgIpc) is 3.53. The maximum atomic E-state index is 6.61. The smallest absolute Gasteiger partial charge is 0.160 e. The van der Waals surface area contributed by atoms with Gasteiger partial charge in [-0.3, -0.25) is 4.98 Å². The van der Waals surface area contributed by atoms with Crippen molar-refractivity contribution in [3.05, 3.63) is 97.3 Å². The Hall–Kier alpha value is -4.57. The lowest BCUT2D eigenvalue weighted by Gasteiger charge is -2.07. The van der Waals surface area contributed by atoms with Gasteiger partial charge in [0, 0.05) is 45.0 Å². The molecule has 8 aromatic rings. The van der Waals surface area contributed by atoms with Crippen molar-refractivity contribution in [2.45, 2.75) is 0 Å². The van der Waals surface area contributed by atoms with Crippen molar-refractivity contribution in [1.29, 1.82) is 0 Å². The monoisotopic (exact) mass is 424 g/mol. The highest BCUT2D eigenvalue weighted by molar-refractivity contribution is 6.38. The van der Waals surface area contributed by atoms with Gasteiger partial charge >= 0.3 is 0 Å². The molecule has 0 fully saturated rings. The van der Waals surface area contributed by atoms with E-state index in [2.05, 4.69) is 58.1 Å². The molecular formula is C29H16N2O2. The molecule has 0 spiro atoms. The van der Waals surface area contributed by atoms with Crippen LogP contribution in [0.1, 0.15) is 0 Å². The van der Waals surface area contributed by atoms with Crippen LogP contribution >= 0.6 is 0 Å². The van der Waals surface area contributed by atoms with Crippen LogP contribution in [0.15, 0.2) is 106 Å². The van der Waals surface area contributed by atoms with Crippen LogP contribution in [-0.4, -0.2) is 9.55 Å². The summed E-state index contributed by atoms with van der Waals surface area (Å²) in [6.07, 6.45) is 3.65. The van der Waals surface area contributed by atoms with Crippen LogP contribution in [0.4, 0.5) is 0 Å². The summed E-state index contributed by atoms with van der Waals surface area (Å²) >= 11 is 0. The number of pyridine rings is 1.